The first-order valence-corrected chi connectivity index (χ1v) is 8.73. The summed E-state index contributed by atoms with van der Waals surface area (Å²) in [5.74, 6) is -0.443. The lowest BCUT2D eigenvalue weighted by Gasteiger charge is -2.35. The third kappa shape index (κ3) is 4.44. The summed E-state index contributed by atoms with van der Waals surface area (Å²) in [6, 6.07) is 8.18. The van der Waals surface area contributed by atoms with Crippen LogP contribution in [-0.4, -0.2) is 59.3 Å². The molecule has 1 aromatic carbocycles. The number of carbonyl (C=O) groups excluding carboxylic acids is 2. The number of benzene rings is 1. The number of hydrogen-bond acceptors (Lipinski definition) is 6. The van der Waals surface area contributed by atoms with Crippen molar-refractivity contribution in [3.8, 4) is 5.69 Å². The van der Waals surface area contributed by atoms with Crippen molar-refractivity contribution < 1.29 is 9.59 Å². The normalized spacial score (nSPS) is 14.8. The molecule has 0 unspecified atom stereocenters. The Morgan fingerprint density at radius 3 is 2.44 bits per heavy atom. The van der Waals surface area contributed by atoms with Crippen LogP contribution in [0, 0.1) is 0 Å². The molecule has 0 spiro atoms. The van der Waals surface area contributed by atoms with Crippen molar-refractivity contribution in [3.05, 3.63) is 51.9 Å². The molecule has 27 heavy (non-hydrogen) atoms. The molecule has 0 radical (unpaired) electrons. The molecule has 0 bridgehead atoms. The minimum atomic E-state index is -0.865. The number of rotatable bonds is 4. The van der Waals surface area contributed by atoms with E-state index in [1.54, 1.807) is 18.3 Å². The van der Waals surface area contributed by atoms with E-state index in [2.05, 4.69) is 5.10 Å². The fourth-order valence-electron chi connectivity index (χ4n) is 2.92. The number of piperazine rings is 1. The van der Waals surface area contributed by atoms with Gasteiger partial charge in [0.1, 0.15) is 5.02 Å². The van der Waals surface area contributed by atoms with Crippen LogP contribution in [0.5, 0.6) is 0 Å². The molecule has 1 aliphatic heterocycles. The van der Waals surface area contributed by atoms with Crippen LogP contribution in [0.15, 0.2) is 41.3 Å². The molecule has 0 saturated carbocycles. The maximum Gasteiger partial charge on any atom is 0.318 e. The standard InChI is InChI=1S/C17H19ClN6O3/c18-15-13(10-20-24(16(15)26)12-4-2-1-3-5-12)23-8-6-22(7-9-23)11-14(25)21-17(19)27/h1-5,10H,6-9,11H2,(H3,19,21,25,27). The van der Waals surface area contributed by atoms with Gasteiger partial charge in [-0.2, -0.15) is 9.78 Å². The van der Waals surface area contributed by atoms with E-state index in [9.17, 15) is 14.4 Å². The number of primary amides is 1. The molecular weight excluding hydrogens is 372 g/mol. The SMILES string of the molecule is NC(=O)NC(=O)CN1CCN(c2cnn(-c3ccccc3)c(=O)c2Cl)CC1. The lowest BCUT2D eigenvalue weighted by Crippen LogP contribution is -2.51. The minimum absolute atomic E-state index is 0.0817. The third-order valence-electron chi connectivity index (χ3n) is 4.24. The molecule has 1 aromatic heterocycles. The van der Waals surface area contributed by atoms with Crippen molar-refractivity contribution in [1.29, 1.82) is 0 Å². The molecule has 9 nitrogen and oxygen atoms in total. The van der Waals surface area contributed by atoms with Crippen molar-refractivity contribution in [2.75, 3.05) is 37.6 Å². The van der Waals surface area contributed by atoms with E-state index in [-0.39, 0.29) is 17.1 Å². The van der Waals surface area contributed by atoms with Gasteiger partial charge in [0, 0.05) is 26.2 Å². The molecule has 3 amide bonds. The highest BCUT2D eigenvalue weighted by Gasteiger charge is 2.23. The number of imide groups is 1. The molecule has 1 fully saturated rings. The highest BCUT2D eigenvalue weighted by atomic mass is 35.5. The predicted molar refractivity (Wildman–Crippen MR) is 101 cm³/mol. The first-order valence-electron chi connectivity index (χ1n) is 8.35. The second-order valence-electron chi connectivity index (χ2n) is 6.07. The molecule has 1 aliphatic rings. The van der Waals surface area contributed by atoms with Crippen LogP contribution in [0.4, 0.5) is 10.5 Å². The Kier molecular flexibility index (Phi) is 5.72. The lowest BCUT2D eigenvalue weighted by molar-refractivity contribution is -0.121. The lowest BCUT2D eigenvalue weighted by atomic mass is 10.2. The summed E-state index contributed by atoms with van der Waals surface area (Å²) in [7, 11) is 0. The topological polar surface area (TPSA) is 114 Å². The van der Waals surface area contributed by atoms with E-state index < -0.39 is 11.9 Å². The number of anilines is 1. The van der Waals surface area contributed by atoms with Gasteiger partial charge in [-0.25, -0.2) is 4.79 Å². The van der Waals surface area contributed by atoms with Gasteiger partial charge in [0.2, 0.25) is 5.91 Å². The van der Waals surface area contributed by atoms with Crippen molar-refractivity contribution >= 4 is 29.2 Å². The van der Waals surface area contributed by atoms with Gasteiger partial charge in [-0.1, -0.05) is 29.8 Å². The van der Waals surface area contributed by atoms with Crippen LogP contribution in [0.25, 0.3) is 5.69 Å². The zero-order chi connectivity index (χ0) is 19.4. The smallest absolute Gasteiger partial charge is 0.318 e. The number of urea groups is 1. The van der Waals surface area contributed by atoms with E-state index in [4.69, 9.17) is 17.3 Å². The average molecular weight is 391 g/mol. The molecule has 142 valence electrons. The van der Waals surface area contributed by atoms with Crippen LogP contribution < -0.4 is 21.5 Å². The Morgan fingerprint density at radius 1 is 1.15 bits per heavy atom. The third-order valence-corrected chi connectivity index (χ3v) is 4.60. The fraction of sp³-hybridized carbons (Fsp3) is 0.294. The molecule has 3 rings (SSSR count). The fourth-order valence-corrected chi connectivity index (χ4v) is 3.17. The van der Waals surface area contributed by atoms with Gasteiger partial charge in [0.15, 0.2) is 0 Å². The number of nitrogens with one attached hydrogen (secondary N) is 1. The zero-order valence-corrected chi connectivity index (χ0v) is 15.2. The zero-order valence-electron chi connectivity index (χ0n) is 14.5. The van der Waals surface area contributed by atoms with E-state index in [0.717, 1.165) is 0 Å². The summed E-state index contributed by atoms with van der Waals surface area (Å²) < 4.78 is 1.26. The maximum absolute atomic E-state index is 12.6. The Hall–Kier alpha value is -2.91. The average Bonchev–Trinajstić information content (AvgIpc) is 2.65. The molecule has 0 atom stereocenters. The van der Waals surface area contributed by atoms with Gasteiger partial charge in [-0.15, -0.1) is 0 Å². The van der Waals surface area contributed by atoms with Crippen LogP contribution in [0.1, 0.15) is 0 Å². The molecule has 2 aromatic rings. The Labute approximate surface area is 160 Å². The van der Waals surface area contributed by atoms with E-state index >= 15 is 0 Å². The summed E-state index contributed by atoms with van der Waals surface area (Å²) in [6.45, 7) is 2.37. The highest BCUT2D eigenvalue weighted by Crippen LogP contribution is 2.23. The van der Waals surface area contributed by atoms with Gasteiger partial charge in [0.05, 0.1) is 24.1 Å². The number of para-hydroxylation sites is 1. The van der Waals surface area contributed by atoms with Crippen LogP contribution in [0.3, 0.4) is 0 Å². The van der Waals surface area contributed by atoms with Gasteiger partial charge in [-0.05, 0) is 12.1 Å². The number of aromatic nitrogens is 2. The second-order valence-corrected chi connectivity index (χ2v) is 6.45. The second kappa shape index (κ2) is 8.19. The van der Waals surface area contributed by atoms with Crippen molar-refractivity contribution in [1.82, 2.24) is 20.0 Å². The maximum atomic E-state index is 12.6. The number of nitrogens with zero attached hydrogens (tertiary/aromatic N) is 4. The van der Waals surface area contributed by atoms with Gasteiger partial charge in [-0.3, -0.25) is 19.8 Å². The first kappa shape index (κ1) is 18.9. The predicted octanol–water partition coefficient (Wildman–Crippen LogP) is 0.203. The van der Waals surface area contributed by atoms with E-state index in [1.807, 2.05) is 33.3 Å². The van der Waals surface area contributed by atoms with Crippen molar-refractivity contribution in [2.24, 2.45) is 5.73 Å². The van der Waals surface area contributed by atoms with Gasteiger partial charge >= 0.3 is 6.03 Å². The van der Waals surface area contributed by atoms with Crippen molar-refractivity contribution in [2.45, 2.75) is 0 Å². The molecule has 10 heteroatoms. The largest absolute Gasteiger partial charge is 0.366 e. The molecular formula is C17H19ClN6O3. The Bertz CT molecular complexity index is 893. The summed E-state index contributed by atoms with van der Waals surface area (Å²) in [6.07, 6.45) is 1.58. The number of nitrogens with two attached hydrogens (primary N) is 1. The molecule has 1 saturated heterocycles. The number of hydrogen-bond donors (Lipinski definition) is 2. The van der Waals surface area contributed by atoms with E-state index in [1.165, 1.54) is 4.68 Å². The minimum Gasteiger partial charge on any atom is -0.366 e. The van der Waals surface area contributed by atoms with E-state index in [0.29, 0.717) is 37.6 Å². The number of carbonyl (C=O) groups is 2. The number of halogens is 1. The summed E-state index contributed by atoms with van der Waals surface area (Å²) in [4.78, 5) is 38.7. The molecule has 3 N–H and O–H groups in total. The molecule has 0 aliphatic carbocycles. The van der Waals surface area contributed by atoms with Crippen molar-refractivity contribution in [3.63, 3.8) is 0 Å². The quantitative estimate of drug-likeness (QED) is 0.771. The first-order chi connectivity index (χ1) is 13.0. The highest BCUT2D eigenvalue weighted by molar-refractivity contribution is 6.33. The van der Waals surface area contributed by atoms with Gasteiger partial charge in [0.25, 0.3) is 5.56 Å². The van der Waals surface area contributed by atoms with Gasteiger partial charge < -0.3 is 10.6 Å². The van der Waals surface area contributed by atoms with Crippen LogP contribution in [0.2, 0.25) is 5.02 Å². The number of amides is 3. The van der Waals surface area contributed by atoms with Crippen LogP contribution in [-0.2, 0) is 4.79 Å². The summed E-state index contributed by atoms with van der Waals surface area (Å²) >= 11 is 6.32. The van der Waals surface area contributed by atoms with Crippen LogP contribution >= 0.6 is 11.6 Å². The monoisotopic (exact) mass is 390 g/mol. The Morgan fingerprint density at radius 2 is 1.81 bits per heavy atom. The summed E-state index contributed by atoms with van der Waals surface area (Å²) in [5.41, 5.74) is 5.75. The molecule has 2 heterocycles. The Balaban J connectivity index is 1.68. The summed E-state index contributed by atoms with van der Waals surface area (Å²) in [5, 5.41) is 6.38.